The first kappa shape index (κ1) is 20.2. The minimum atomic E-state index is -4.58. The summed E-state index contributed by atoms with van der Waals surface area (Å²) < 4.78 is 47.3. The quantitative estimate of drug-likeness (QED) is 0.713. The standard InChI is InChI=1S/C17H23F3N6O2/c1-9-5-6-28-14-12(10(2)25-26(14)16(3,4)8-27)23-15-21-7-11(17(18,19)20)13(22-9)24-15/h7,9,27H,5-6,8H2,1-4H3,(H2,21,22,23,24)/t9-/m1/s1. The normalized spacial score (nSPS) is 17.6. The number of nitrogens with one attached hydrogen (secondary N) is 2. The Morgan fingerprint density at radius 3 is 2.71 bits per heavy atom. The molecule has 11 heteroatoms. The maximum atomic E-state index is 13.3. The van der Waals surface area contributed by atoms with Crippen molar-refractivity contribution >= 4 is 17.5 Å². The van der Waals surface area contributed by atoms with Crippen molar-refractivity contribution in [2.24, 2.45) is 0 Å². The van der Waals surface area contributed by atoms with Gasteiger partial charge in [0, 0.05) is 18.7 Å². The second-order valence-electron chi connectivity index (χ2n) is 7.41. The zero-order chi connectivity index (χ0) is 20.7. The van der Waals surface area contributed by atoms with E-state index in [-0.39, 0.29) is 31.0 Å². The molecule has 28 heavy (non-hydrogen) atoms. The topological polar surface area (TPSA) is 97.1 Å². The van der Waals surface area contributed by atoms with E-state index in [9.17, 15) is 18.3 Å². The fourth-order valence-corrected chi connectivity index (χ4v) is 2.77. The molecule has 0 amide bonds. The molecule has 1 aliphatic rings. The molecule has 0 spiro atoms. The van der Waals surface area contributed by atoms with Crippen molar-refractivity contribution < 1.29 is 23.0 Å². The average molecular weight is 400 g/mol. The van der Waals surface area contributed by atoms with Gasteiger partial charge in [0.25, 0.3) is 0 Å². The number of nitrogens with zero attached hydrogens (tertiary/aromatic N) is 4. The zero-order valence-electron chi connectivity index (χ0n) is 16.1. The van der Waals surface area contributed by atoms with E-state index in [4.69, 9.17) is 4.74 Å². The van der Waals surface area contributed by atoms with Crippen LogP contribution in [-0.4, -0.2) is 44.1 Å². The van der Waals surface area contributed by atoms with Crippen molar-refractivity contribution in [2.45, 2.75) is 51.9 Å². The first-order valence-corrected chi connectivity index (χ1v) is 8.84. The van der Waals surface area contributed by atoms with Gasteiger partial charge in [0.1, 0.15) is 17.1 Å². The zero-order valence-corrected chi connectivity index (χ0v) is 16.1. The molecule has 0 saturated carbocycles. The first-order valence-electron chi connectivity index (χ1n) is 8.84. The molecule has 3 rings (SSSR count). The number of aliphatic hydroxyl groups excluding tert-OH is 1. The number of halogens is 3. The van der Waals surface area contributed by atoms with Crippen LogP contribution in [0.5, 0.6) is 5.88 Å². The molecule has 0 fully saturated rings. The minimum Gasteiger partial charge on any atom is -0.476 e. The third-order valence-corrected chi connectivity index (χ3v) is 4.48. The lowest BCUT2D eigenvalue weighted by molar-refractivity contribution is -0.137. The Kier molecular flexibility index (Phi) is 5.13. The molecular weight excluding hydrogens is 377 g/mol. The molecule has 0 radical (unpaired) electrons. The number of aromatic nitrogens is 4. The van der Waals surface area contributed by atoms with Crippen LogP contribution in [-0.2, 0) is 11.7 Å². The molecule has 2 bridgehead atoms. The maximum absolute atomic E-state index is 13.3. The third-order valence-electron chi connectivity index (χ3n) is 4.48. The van der Waals surface area contributed by atoms with Gasteiger partial charge in [-0.2, -0.15) is 23.3 Å². The minimum absolute atomic E-state index is 0.0149. The summed E-state index contributed by atoms with van der Waals surface area (Å²) >= 11 is 0. The van der Waals surface area contributed by atoms with Crippen molar-refractivity contribution in [3.63, 3.8) is 0 Å². The Hall–Kier alpha value is -2.56. The molecule has 0 saturated heterocycles. The van der Waals surface area contributed by atoms with E-state index in [1.54, 1.807) is 32.4 Å². The highest BCUT2D eigenvalue weighted by molar-refractivity contribution is 5.65. The summed E-state index contributed by atoms with van der Waals surface area (Å²) in [7, 11) is 0. The van der Waals surface area contributed by atoms with Gasteiger partial charge in [0.2, 0.25) is 11.8 Å². The van der Waals surface area contributed by atoms with E-state index >= 15 is 0 Å². The number of ether oxygens (including phenoxy) is 1. The Morgan fingerprint density at radius 1 is 1.36 bits per heavy atom. The maximum Gasteiger partial charge on any atom is 0.421 e. The molecule has 8 nitrogen and oxygen atoms in total. The number of aryl methyl sites for hydroxylation is 1. The smallest absolute Gasteiger partial charge is 0.421 e. The summed E-state index contributed by atoms with van der Waals surface area (Å²) in [5, 5.41) is 19.9. The van der Waals surface area contributed by atoms with Crippen LogP contribution in [0.4, 0.5) is 30.6 Å². The van der Waals surface area contributed by atoms with Crippen LogP contribution in [0.15, 0.2) is 6.20 Å². The lowest BCUT2D eigenvalue weighted by Crippen LogP contribution is -2.32. The number of fused-ring (bicyclic) bond motifs is 3. The molecule has 0 aromatic carbocycles. The van der Waals surface area contributed by atoms with Crippen LogP contribution in [0, 0.1) is 6.92 Å². The number of anilines is 3. The van der Waals surface area contributed by atoms with Crippen LogP contribution in [0.1, 0.15) is 38.4 Å². The van der Waals surface area contributed by atoms with Crippen LogP contribution in [0.2, 0.25) is 0 Å². The Morgan fingerprint density at radius 2 is 2.07 bits per heavy atom. The Bertz CT molecular complexity index is 865. The van der Waals surface area contributed by atoms with Crippen molar-refractivity contribution in [1.82, 2.24) is 19.7 Å². The van der Waals surface area contributed by atoms with Crippen molar-refractivity contribution in [1.29, 1.82) is 0 Å². The molecule has 0 aliphatic carbocycles. The molecule has 2 aromatic rings. The van der Waals surface area contributed by atoms with Gasteiger partial charge in [-0.15, -0.1) is 0 Å². The number of alkyl halides is 3. The molecule has 0 unspecified atom stereocenters. The van der Waals surface area contributed by atoms with Crippen molar-refractivity contribution in [2.75, 3.05) is 23.8 Å². The van der Waals surface area contributed by atoms with Crippen LogP contribution >= 0.6 is 0 Å². The second-order valence-corrected chi connectivity index (χ2v) is 7.41. The van der Waals surface area contributed by atoms with E-state index in [1.807, 2.05) is 0 Å². The van der Waals surface area contributed by atoms with E-state index in [0.29, 0.717) is 23.7 Å². The first-order chi connectivity index (χ1) is 13.0. The van der Waals surface area contributed by atoms with Gasteiger partial charge < -0.3 is 20.5 Å². The second kappa shape index (κ2) is 7.12. The van der Waals surface area contributed by atoms with Gasteiger partial charge in [0.15, 0.2) is 0 Å². The van der Waals surface area contributed by atoms with Gasteiger partial charge in [-0.3, -0.25) is 0 Å². The highest BCUT2D eigenvalue weighted by Gasteiger charge is 2.36. The molecule has 154 valence electrons. The Labute approximate surface area is 160 Å². The SMILES string of the molecule is Cc1nn(C(C)(C)CO)c2c1Nc1ncc(C(F)(F)F)c(n1)N[C@H](C)CCO2. The summed E-state index contributed by atoms with van der Waals surface area (Å²) in [6.07, 6.45) is -3.39. The van der Waals surface area contributed by atoms with Crippen molar-refractivity contribution in [3.05, 3.63) is 17.5 Å². The third kappa shape index (κ3) is 3.84. The average Bonchev–Trinajstić information content (AvgIpc) is 2.90. The van der Waals surface area contributed by atoms with E-state index in [0.717, 1.165) is 6.20 Å². The predicted molar refractivity (Wildman–Crippen MR) is 96.9 cm³/mol. The van der Waals surface area contributed by atoms with Gasteiger partial charge in [-0.25, -0.2) is 9.67 Å². The molecule has 1 atom stereocenters. The molecule has 3 heterocycles. The molecule has 3 N–H and O–H groups in total. The fourth-order valence-electron chi connectivity index (χ4n) is 2.77. The monoisotopic (exact) mass is 400 g/mol. The lowest BCUT2D eigenvalue weighted by atomic mass is 10.1. The van der Waals surface area contributed by atoms with Gasteiger partial charge in [0.05, 0.1) is 24.4 Å². The predicted octanol–water partition coefficient (Wildman–Crippen LogP) is 3.05. The molecule has 1 aliphatic heterocycles. The van der Waals surface area contributed by atoms with Crippen molar-refractivity contribution in [3.8, 4) is 5.88 Å². The summed E-state index contributed by atoms with van der Waals surface area (Å²) in [5.41, 5.74) is -0.682. The highest BCUT2D eigenvalue weighted by Crippen LogP contribution is 2.37. The van der Waals surface area contributed by atoms with Crippen LogP contribution < -0.4 is 15.4 Å². The largest absolute Gasteiger partial charge is 0.476 e. The summed E-state index contributed by atoms with van der Waals surface area (Å²) in [4.78, 5) is 7.84. The van der Waals surface area contributed by atoms with Gasteiger partial charge in [-0.1, -0.05) is 0 Å². The number of rotatable bonds is 2. The van der Waals surface area contributed by atoms with E-state index in [1.165, 1.54) is 0 Å². The summed E-state index contributed by atoms with van der Waals surface area (Å²) in [6, 6.07) is -0.325. The summed E-state index contributed by atoms with van der Waals surface area (Å²) in [5.74, 6) is 0.0660. The molecular formula is C17H23F3N6O2. The number of hydrogen-bond donors (Lipinski definition) is 3. The molecule has 2 aromatic heterocycles. The highest BCUT2D eigenvalue weighted by atomic mass is 19.4. The van der Waals surface area contributed by atoms with Crippen LogP contribution in [0.25, 0.3) is 0 Å². The summed E-state index contributed by atoms with van der Waals surface area (Å²) in [6.45, 7) is 7.13. The number of hydrogen-bond acceptors (Lipinski definition) is 7. The van der Waals surface area contributed by atoms with Crippen LogP contribution in [0.3, 0.4) is 0 Å². The Balaban J connectivity index is 2.11. The lowest BCUT2D eigenvalue weighted by Gasteiger charge is -2.25. The van der Waals surface area contributed by atoms with E-state index < -0.39 is 17.3 Å². The van der Waals surface area contributed by atoms with E-state index in [2.05, 4.69) is 25.7 Å². The number of aliphatic hydroxyl groups is 1. The van der Waals surface area contributed by atoms with Gasteiger partial charge >= 0.3 is 6.18 Å². The van der Waals surface area contributed by atoms with Gasteiger partial charge in [-0.05, 0) is 27.7 Å². The fraction of sp³-hybridized carbons (Fsp3) is 0.588.